The number of para-hydroxylation sites is 1. The third kappa shape index (κ3) is 3.80. The number of hydrogen-bond donors (Lipinski definition) is 0. The van der Waals surface area contributed by atoms with Crippen molar-refractivity contribution in [3.05, 3.63) is 63.9 Å². The van der Waals surface area contributed by atoms with Crippen molar-refractivity contribution in [2.75, 3.05) is 7.11 Å². The quantitative estimate of drug-likeness (QED) is 0.635. The Morgan fingerprint density at radius 2 is 1.38 bits per heavy atom. The molecule has 0 radical (unpaired) electrons. The van der Waals surface area contributed by atoms with Gasteiger partial charge in [0.25, 0.3) is 0 Å². The number of methoxy groups -OCH3 is 1. The fourth-order valence-electron chi connectivity index (χ4n) is 3.14. The molecule has 0 unspecified atom stereocenters. The molecule has 0 amide bonds. The second-order valence-electron chi connectivity index (χ2n) is 6.56. The van der Waals surface area contributed by atoms with Gasteiger partial charge in [-0.05, 0) is 33.8 Å². The lowest BCUT2D eigenvalue weighted by Gasteiger charge is -2.23. The Balaban J connectivity index is 1.90. The lowest BCUT2D eigenvalue weighted by atomic mass is 10.1. The molecule has 0 spiro atoms. The summed E-state index contributed by atoms with van der Waals surface area (Å²) in [5.74, 6) is 2.59. The molecule has 3 rings (SSSR count). The SMILES string of the molecule is COc1ccccc1CN(Cc1c(C)noc1C)Cc1c(C)noc1C. The van der Waals surface area contributed by atoms with E-state index in [1.165, 1.54) is 0 Å². The molecule has 6 heteroatoms. The van der Waals surface area contributed by atoms with Crippen molar-refractivity contribution in [1.29, 1.82) is 0 Å². The Hall–Kier alpha value is -2.60. The smallest absolute Gasteiger partial charge is 0.138 e. The van der Waals surface area contributed by atoms with Gasteiger partial charge in [0.05, 0.1) is 18.5 Å². The van der Waals surface area contributed by atoms with Crippen LogP contribution in [0.25, 0.3) is 0 Å². The van der Waals surface area contributed by atoms with E-state index in [4.69, 9.17) is 13.8 Å². The van der Waals surface area contributed by atoms with Gasteiger partial charge in [-0.1, -0.05) is 28.5 Å². The van der Waals surface area contributed by atoms with E-state index in [0.29, 0.717) is 0 Å². The first-order valence-corrected chi connectivity index (χ1v) is 8.67. The summed E-state index contributed by atoms with van der Waals surface area (Å²) in [5.41, 5.74) is 5.21. The van der Waals surface area contributed by atoms with E-state index < -0.39 is 0 Å². The van der Waals surface area contributed by atoms with Crippen molar-refractivity contribution in [2.45, 2.75) is 47.3 Å². The zero-order valence-electron chi connectivity index (χ0n) is 16.0. The van der Waals surface area contributed by atoms with Crippen LogP contribution in [0.2, 0.25) is 0 Å². The zero-order valence-corrected chi connectivity index (χ0v) is 16.0. The van der Waals surface area contributed by atoms with E-state index in [1.807, 2.05) is 45.9 Å². The average Bonchev–Trinajstić information content (AvgIpc) is 3.12. The van der Waals surface area contributed by atoms with E-state index in [2.05, 4.69) is 21.3 Å². The largest absolute Gasteiger partial charge is 0.496 e. The van der Waals surface area contributed by atoms with E-state index in [0.717, 1.165) is 65.0 Å². The topological polar surface area (TPSA) is 64.5 Å². The number of rotatable bonds is 7. The molecule has 26 heavy (non-hydrogen) atoms. The molecular weight excluding hydrogens is 330 g/mol. The lowest BCUT2D eigenvalue weighted by Crippen LogP contribution is -2.24. The van der Waals surface area contributed by atoms with Crippen LogP contribution >= 0.6 is 0 Å². The molecular formula is C20H25N3O3. The molecule has 2 heterocycles. The number of hydrogen-bond acceptors (Lipinski definition) is 6. The molecule has 0 bridgehead atoms. The van der Waals surface area contributed by atoms with Gasteiger partial charge in [-0.3, -0.25) is 4.90 Å². The maximum Gasteiger partial charge on any atom is 0.138 e. The maximum atomic E-state index is 5.52. The first-order valence-electron chi connectivity index (χ1n) is 8.67. The van der Waals surface area contributed by atoms with Gasteiger partial charge in [-0.15, -0.1) is 0 Å². The van der Waals surface area contributed by atoms with Crippen molar-refractivity contribution < 1.29 is 13.8 Å². The van der Waals surface area contributed by atoms with Gasteiger partial charge in [0, 0.05) is 36.3 Å². The molecule has 0 saturated heterocycles. The second-order valence-corrected chi connectivity index (χ2v) is 6.56. The van der Waals surface area contributed by atoms with Crippen LogP contribution in [0.15, 0.2) is 33.3 Å². The molecule has 0 aliphatic heterocycles. The van der Waals surface area contributed by atoms with Crippen LogP contribution in [-0.4, -0.2) is 22.3 Å². The van der Waals surface area contributed by atoms with Crippen LogP contribution in [0.3, 0.4) is 0 Å². The highest BCUT2D eigenvalue weighted by Crippen LogP contribution is 2.25. The molecule has 0 N–H and O–H groups in total. The highest BCUT2D eigenvalue weighted by atomic mass is 16.5. The number of benzene rings is 1. The van der Waals surface area contributed by atoms with Gasteiger partial charge >= 0.3 is 0 Å². The van der Waals surface area contributed by atoms with Gasteiger partial charge in [-0.2, -0.15) is 0 Å². The molecule has 6 nitrogen and oxygen atoms in total. The maximum absolute atomic E-state index is 5.52. The molecule has 3 aromatic rings. The van der Waals surface area contributed by atoms with Crippen LogP contribution in [0, 0.1) is 27.7 Å². The summed E-state index contributed by atoms with van der Waals surface area (Å²) < 4.78 is 16.2. The first kappa shape index (κ1) is 18.2. The minimum absolute atomic E-state index is 0.725. The van der Waals surface area contributed by atoms with Gasteiger partial charge in [-0.25, -0.2) is 0 Å². The van der Waals surface area contributed by atoms with Crippen molar-refractivity contribution >= 4 is 0 Å². The molecule has 0 aliphatic carbocycles. The average molecular weight is 355 g/mol. The third-order valence-electron chi connectivity index (χ3n) is 4.71. The summed E-state index contributed by atoms with van der Waals surface area (Å²) >= 11 is 0. The van der Waals surface area contributed by atoms with Gasteiger partial charge < -0.3 is 13.8 Å². The predicted molar refractivity (Wildman–Crippen MR) is 97.9 cm³/mol. The molecule has 0 atom stereocenters. The van der Waals surface area contributed by atoms with Crippen molar-refractivity contribution in [2.24, 2.45) is 0 Å². The van der Waals surface area contributed by atoms with Crippen LogP contribution in [-0.2, 0) is 19.6 Å². The minimum Gasteiger partial charge on any atom is -0.496 e. The van der Waals surface area contributed by atoms with Gasteiger partial charge in [0.1, 0.15) is 17.3 Å². The second kappa shape index (κ2) is 7.74. The summed E-state index contributed by atoms with van der Waals surface area (Å²) in [6.07, 6.45) is 0. The summed E-state index contributed by atoms with van der Waals surface area (Å²) in [5, 5.41) is 8.17. The predicted octanol–water partition coefficient (Wildman–Crippen LogP) is 4.11. The first-order chi connectivity index (χ1) is 12.5. The van der Waals surface area contributed by atoms with Crippen LogP contribution in [0.1, 0.15) is 39.6 Å². The van der Waals surface area contributed by atoms with Crippen LogP contribution in [0.5, 0.6) is 5.75 Å². The fourth-order valence-corrected chi connectivity index (χ4v) is 3.14. The highest BCUT2D eigenvalue weighted by molar-refractivity contribution is 5.33. The lowest BCUT2D eigenvalue weighted by molar-refractivity contribution is 0.239. The van der Waals surface area contributed by atoms with Crippen molar-refractivity contribution in [1.82, 2.24) is 15.2 Å². The number of ether oxygens (including phenoxy) is 1. The van der Waals surface area contributed by atoms with E-state index >= 15 is 0 Å². The van der Waals surface area contributed by atoms with E-state index in [1.54, 1.807) is 7.11 Å². The number of aryl methyl sites for hydroxylation is 4. The third-order valence-corrected chi connectivity index (χ3v) is 4.71. The summed E-state index contributed by atoms with van der Waals surface area (Å²) in [7, 11) is 1.70. The fraction of sp³-hybridized carbons (Fsp3) is 0.400. The Labute approximate surface area is 153 Å². The Morgan fingerprint density at radius 1 is 0.846 bits per heavy atom. The number of nitrogens with zero attached hydrogens (tertiary/aromatic N) is 3. The van der Waals surface area contributed by atoms with Crippen molar-refractivity contribution in [3.8, 4) is 5.75 Å². The molecule has 138 valence electrons. The molecule has 1 aromatic carbocycles. The van der Waals surface area contributed by atoms with Crippen molar-refractivity contribution in [3.63, 3.8) is 0 Å². The summed E-state index contributed by atoms with van der Waals surface area (Å²) in [4.78, 5) is 2.33. The number of aromatic nitrogens is 2. The van der Waals surface area contributed by atoms with E-state index in [9.17, 15) is 0 Å². The Bertz CT molecular complexity index is 795. The molecule has 2 aromatic heterocycles. The zero-order chi connectivity index (χ0) is 18.7. The molecule has 0 aliphatic rings. The Kier molecular flexibility index (Phi) is 5.42. The molecule has 0 fully saturated rings. The van der Waals surface area contributed by atoms with Crippen LogP contribution < -0.4 is 4.74 Å². The van der Waals surface area contributed by atoms with E-state index in [-0.39, 0.29) is 0 Å². The highest BCUT2D eigenvalue weighted by Gasteiger charge is 2.19. The Morgan fingerprint density at radius 3 is 1.85 bits per heavy atom. The van der Waals surface area contributed by atoms with Crippen LogP contribution in [0.4, 0.5) is 0 Å². The van der Waals surface area contributed by atoms with Gasteiger partial charge in [0.2, 0.25) is 0 Å². The summed E-state index contributed by atoms with van der Waals surface area (Å²) in [6.45, 7) is 10.0. The monoisotopic (exact) mass is 355 g/mol. The summed E-state index contributed by atoms with van der Waals surface area (Å²) in [6, 6.07) is 8.09. The minimum atomic E-state index is 0.725. The molecule has 0 saturated carbocycles. The normalized spacial score (nSPS) is 11.3. The van der Waals surface area contributed by atoms with Gasteiger partial charge in [0.15, 0.2) is 0 Å². The standard InChI is InChI=1S/C20H25N3O3/c1-13-18(15(3)25-21-13)11-23(12-19-14(2)22-26-16(19)4)10-17-8-6-7-9-20(17)24-5/h6-9H,10-12H2,1-5H3.